The molecular weight excluding hydrogens is 334 g/mol. The van der Waals surface area contributed by atoms with E-state index in [9.17, 15) is 9.59 Å². The van der Waals surface area contributed by atoms with E-state index in [1.807, 2.05) is 35.0 Å². The van der Waals surface area contributed by atoms with Crippen molar-refractivity contribution in [2.75, 3.05) is 33.9 Å². The van der Waals surface area contributed by atoms with Crippen LogP contribution in [0.5, 0.6) is 0 Å². The fourth-order valence-corrected chi connectivity index (χ4v) is 3.40. The number of para-hydroxylation sites is 1. The molecule has 0 bridgehead atoms. The fourth-order valence-electron chi connectivity index (χ4n) is 3.40. The quantitative estimate of drug-likeness (QED) is 0.889. The van der Waals surface area contributed by atoms with Gasteiger partial charge in [-0.3, -0.25) is 4.79 Å². The van der Waals surface area contributed by atoms with E-state index in [1.165, 1.54) is 7.11 Å². The number of hydrogen-bond donors (Lipinski definition) is 1. The molecule has 1 aliphatic heterocycles. The van der Waals surface area contributed by atoms with E-state index < -0.39 is 0 Å². The molecule has 2 aromatic rings. The van der Waals surface area contributed by atoms with Crippen molar-refractivity contribution in [3.05, 3.63) is 36.0 Å². The van der Waals surface area contributed by atoms with Gasteiger partial charge in [-0.15, -0.1) is 0 Å². The number of aromatic nitrogens is 1. The summed E-state index contributed by atoms with van der Waals surface area (Å²) in [6.07, 6.45) is 3.03. The summed E-state index contributed by atoms with van der Waals surface area (Å²) in [7, 11) is 3.05. The summed E-state index contributed by atoms with van der Waals surface area (Å²) in [5.74, 6) is -0.0751. The van der Waals surface area contributed by atoms with Crippen LogP contribution < -0.4 is 5.32 Å². The van der Waals surface area contributed by atoms with Crippen molar-refractivity contribution in [3.63, 3.8) is 0 Å². The van der Waals surface area contributed by atoms with E-state index in [0.29, 0.717) is 31.8 Å². The maximum absolute atomic E-state index is 12.8. The largest absolute Gasteiger partial charge is 0.453 e. The molecule has 1 aromatic carbocycles. The monoisotopic (exact) mass is 359 g/mol. The normalized spacial score (nSPS) is 15.2. The molecule has 0 atom stereocenters. The Balaban J connectivity index is 1.70. The van der Waals surface area contributed by atoms with Crippen molar-refractivity contribution in [3.8, 4) is 0 Å². The Kier molecular flexibility index (Phi) is 5.78. The zero-order valence-electron chi connectivity index (χ0n) is 15.2. The highest BCUT2D eigenvalue weighted by atomic mass is 16.5. The van der Waals surface area contributed by atoms with Crippen molar-refractivity contribution >= 4 is 22.9 Å². The second kappa shape index (κ2) is 8.23. The van der Waals surface area contributed by atoms with Crippen molar-refractivity contribution < 1.29 is 19.1 Å². The van der Waals surface area contributed by atoms with Crippen LogP contribution in [0, 0.1) is 0 Å². The van der Waals surface area contributed by atoms with Crippen LogP contribution in [0.15, 0.2) is 30.5 Å². The topological polar surface area (TPSA) is 72.8 Å². The summed E-state index contributed by atoms with van der Waals surface area (Å²) < 4.78 is 12.0. The highest BCUT2D eigenvalue weighted by Crippen LogP contribution is 2.22. The predicted octanol–water partition coefficient (Wildman–Crippen LogP) is 2.25. The minimum Gasteiger partial charge on any atom is -0.453 e. The number of fused-ring (bicyclic) bond motifs is 1. The first kappa shape index (κ1) is 18.3. The van der Waals surface area contributed by atoms with Crippen molar-refractivity contribution in [2.45, 2.75) is 25.4 Å². The lowest BCUT2D eigenvalue weighted by Gasteiger charge is -2.31. The number of likely N-dealkylation sites (tertiary alicyclic amines) is 1. The van der Waals surface area contributed by atoms with E-state index in [2.05, 4.69) is 5.32 Å². The zero-order chi connectivity index (χ0) is 18.5. The van der Waals surface area contributed by atoms with Gasteiger partial charge >= 0.3 is 6.09 Å². The minimum absolute atomic E-state index is 0.0597. The Bertz CT molecular complexity index is 778. The molecule has 140 valence electrons. The van der Waals surface area contributed by atoms with Crippen molar-refractivity contribution in [1.29, 1.82) is 0 Å². The number of piperidine rings is 1. The molecule has 7 nitrogen and oxygen atoms in total. The van der Waals surface area contributed by atoms with Crippen LogP contribution in [0.1, 0.15) is 23.2 Å². The van der Waals surface area contributed by atoms with Crippen LogP contribution in [-0.2, 0) is 16.0 Å². The van der Waals surface area contributed by atoms with E-state index >= 15 is 0 Å². The number of rotatable bonds is 5. The second-order valence-electron chi connectivity index (χ2n) is 6.45. The Morgan fingerprint density at radius 3 is 2.62 bits per heavy atom. The van der Waals surface area contributed by atoms with E-state index in [1.54, 1.807) is 12.0 Å². The molecule has 0 unspecified atom stereocenters. The standard InChI is InChI=1S/C19H25N3O4/c1-25-12-11-22-13-16(15-5-3-4-6-17(15)22)18(23)20-14-7-9-21(10-8-14)19(24)26-2/h3-6,13-14H,7-12H2,1-2H3,(H,20,23). The summed E-state index contributed by atoms with van der Waals surface area (Å²) in [5, 5.41) is 4.05. The Labute approximate surface area is 152 Å². The molecule has 1 fully saturated rings. The highest BCUT2D eigenvalue weighted by molar-refractivity contribution is 6.07. The van der Waals surface area contributed by atoms with Gasteiger partial charge in [-0.05, 0) is 18.9 Å². The number of nitrogens with zero attached hydrogens (tertiary/aromatic N) is 2. The van der Waals surface area contributed by atoms with Gasteiger partial charge in [0.25, 0.3) is 5.91 Å². The zero-order valence-corrected chi connectivity index (χ0v) is 15.2. The third-order valence-corrected chi connectivity index (χ3v) is 4.83. The first-order valence-electron chi connectivity index (χ1n) is 8.84. The molecule has 0 saturated carbocycles. The van der Waals surface area contributed by atoms with Crippen molar-refractivity contribution in [2.24, 2.45) is 0 Å². The van der Waals surface area contributed by atoms with Gasteiger partial charge in [0.2, 0.25) is 0 Å². The molecule has 0 radical (unpaired) electrons. The smallest absolute Gasteiger partial charge is 0.409 e. The number of carbonyl (C=O) groups excluding carboxylic acids is 2. The molecular formula is C19H25N3O4. The fraction of sp³-hybridized carbons (Fsp3) is 0.474. The number of hydrogen-bond acceptors (Lipinski definition) is 4. The SMILES string of the molecule is COCCn1cc(C(=O)NC2CCN(C(=O)OC)CC2)c2ccccc21. The van der Waals surface area contributed by atoms with Gasteiger partial charge in [-0.2, -0.15) is 0 Å². The minimum atomic E-state index is -0.309. The number of carbonyl (C=O) groups is 2. The van der Waals surface area contributed by atoms with Crippen LogP contribution in [0.3, 0.4) is 0 Å². The molecule has 1 saturated heterocycles. The molecule has 7 heteroatoms. The van der Waals surface area contributed by atoms with Crippen LogP contribution >= 0.6 is 0 Å². The first-order valence-corrected chi connectivity index (χ1v) is 8.84. The lowest BCUT2D eigenvalue weighted by atomic mass is 10.0. The number of ether oxygens (including phenoxy) is 2. The lowest BCUT2D eigenvalue weighted by Crippen LogP contribution is -2.46. The Morgan fingerprint density at radius 2 is 1.92 bits per heavy atom. The van der Waals surface area contributed by atoms with Crippen molar-refractivity contribution in [1.82, 2.24) is 14.8 Å². The van der Waals surface area contributed by atoms with Crippen LogP contribution in [0.25, 0.3) is 10.9 Å². The number of nitrogens with one attached hydrogen (secondary N) is 1. The van der Waals surface area contributed by atoms with Crippen LogP contribution in [0.4, 0.5) is 4.79 Å². The molecule has 3 rings (SSSR count). The van der Waals surface area contributed by atoms with Gasteiger partial charge < -0.3 is 24.3 Å². The van der Waals surface area contributed by atoms with E-state index in [-0.39, 0.29) is 18.0 Å². The van der Waals surface area contributed by atoms with Gasteiger partial charge in [0.1, 0.15) is 0 Å². The second-order valence-corrected chi connectivity index (χ2v) is 6.45. The molecule has 26 heavy (non-hydrogen) atoms. The third-order valence-electron chi connectivity index (χ3n) is 4.83. The molecule has 1 aromatic heterocycles. The molecule has 1 N–H and O–H groups in total. The number of methoxy groups -OCH3 is 2. The summed E-state index contributed by atoms with van der Waals surface area (Å²) in [6.45, 7) is 2.47. The van der Waals surface area contributed by atoms with E-state index in [0.717, 1.165) is 23.7 Å². The van der Waals surface area contributed by atoms with Gasteiger partial charge in [-0.25, -0.2) is 4.79 Å². The van der Waals surface area contributed by atoms with E-state index in [4.69, 9.17) is 9.47 Å². The summed E-state index contributed by atoms with van der Waals surface area (Å²) in [5.41, 5.74) is 1.70. The average Bonchev–Trinajstić information content (AvgIpc) is 3.05. The molecule has 0 spiro atoms. The number of amides is 2. The average molecular weight is 359 g/mol. The molecule has 0 aliphatic carbocycles. The van der Waals surface area contributed by atoms with Gasteiger partial charge in [-0.1, -0.05) is 18.2 Å². The maximum atomic E-state index is 12.8. The summed E-state index contributed by atoms with van der Waals surface area (Å²) >= 11 is 0. The highest BCUT2D eigenvalue weighted by Gasteiger charge is 2.25. The first-order chi connectivity index (χ1) is 12.6. The predicted molar refractivity (Wildman–Crippen MR) is 98.3 cm³/mol. The Hall–Kier alpha value is -2.54. The van der Waals surface area contributed by atoms with Gasteiger partial charge in [0, 0.05) is 49.9 Å². The van der Waals surface area contributed by atoms with Crippen LogP contribution in [-0.4, -0.2) is 61.4 Å². The van der Waals surface area contributed by atoms with Gasteiger partial charge in [0.15, 0.2) is 0 Å². The van der Waals surface area contributed by atoms with Gasteiger partial charge in [0.05, 0.1) is 19.3 Å². The Morgan fingerprint density at radius 1 is 1.19 bits per heavy atom. The lowest BCUT2D eigenvalue weighted by molar-refractivity contribution is 0.0893. The number of benzene rings is 1. The summed E-state index contributed by atoms with van der Waals surface area (Å²) in [4.78, 5) is 26.0. The maximum Gasteiger partial charge on any atom is 0.409 e. The molecule has 2 amide bonds. The summed E-state index contributed by atoms with van der Waals surface area (Å²) in [6, 6.07) is 7.94. The van der Waals surface area contributed by atoms with Crippen LogP contribution in [0.2, 0.25) is 0 Å². The molecule has 1 aliphatic rings. The molecule has 2 heterocycles. The third kappa shape index (κ3) is 3.83.